The van der Waals surface area contributed by atoms with Crippen LogP contribution in [-0.4, -0.2) is 12.9 Å². The van der Waals surface area contributed by atoms with Gasteiger partial charge in [-0.1, -0.05) is 43.3 Å². The summed E-state index contributed by atoms with van der Waals surface area (Å²) >= 11 is 3.44. The monoisotopic (exact) mass is 332 g/mol. The summed E-state index contributed by atoms with van der Waals surface area (Å²) in [5.41, 5.74) is 2.05. The molecule has 0 saturated carbocycles. The molecule has 1 atom stereocenters. The SMILES string of the molecule is COc1ccc(CC(=O)C(C)c2ccccc2)cc1Br. The molecule has 0 aliphatic heterocycles. The number of hydrogen-bond acceptors (Lipinski definition) is 2. The van der Waals surface area contributed by atoms with Gasteiger partial charge in [0.2, 0.25) is 0 Å². The van der Waals surface area contributed by atoms with Gasteiger partial charge in [-0.25, -0.2) is 0 Å². The molecular formula is C17H17BrO2. The lowest BCUT2D eigenvalue weighted by molar-refractivity contribution is -0.119. The first-order valence-electron chi connectivity index (χ1n) is 6.52. The molecule has 0 spiro atoms. The predicted molar refractivity (Wildman–Crippen MR) is 84.3 cm³/mol. The van der Waals surface area contributed by atoms with E-state index in [0.29, 0.717) is 6.42 Å². The third-order valence-electron chi connectivity index (χ3n) is 3.38. The fraction of sp³-hybridized carbons (Fsp3) is 0.235. The number of ether oxygens (including phenoxy) is 1. The van der Waals surface area contributed by atoms with Crippen molar-refractivity contribution in [1.29, 1.82) is 0 Å². The van der Waals surface area contributed by atoms with Crippen molar-refractivity contribution in [2.45, 2.75) is 19.3 Å². The molecule has 0 N–H and O–H groups in total. The van der Waals surface area contributed by atoms with E-state index in [2.05, 4.69) is 15.9 Å². The van der Waals surface area contributed by atoms with Crippen LogP contribution in [0.1, 0.15) is 24.0 Å². The fourth-order valence-electron chi connectivity index (χ4n) is 2.10. The topological polar surface area (TPSA) is 26.3 Å². The predicted octanol–water partition coefficient (Wildman–Crippen LogP) is 4.37. The van der Waals surface area contributed by atoms with Gasteiger partial charge in [0.15, 0.2) is 0 Å². The standard InChI is InChI=1S/C17H17BrO2/c1-12(14-6-4-3-5-7-14)16(19)11-13-8-9-17(20-2)15(18)10-13/h3-10,12H,11H2,1-2H3. The van der Waals surface area contributed by atoms with Crippen molar-refractivity contribution in [2.75, 3.05) is 7.11 Å². The average molecular weight is 333 g/mol. The molecule has 20 heavy (non-hydrogen) atoms. The van der Waals surface area contributed by atoms with Crippen LogP contribution >= 0.6 is 15.9 Å². The highest BCUT2D eigenvalue weighted by atomic mass is 79.9. The van der Waals surface area contributed by atoms with Gasteiger partial charge in [-0.3, -0.25) is 4.79 Å². The van der Waals surface area contributed by atoms with Crippen LogP contribution in [0.2, 0.25) is 0 Å². The Morgan fingerprint density at radius 2 is 1.90 bits per heavy atom. The van der Waals surface area contributed by atoms with Gasteiger partial charge in [-0.2, -0.15) is 0 Å². The fourth-order valence-corrected chi connectivity index (χ4v) is 2.69. The molecule has 2 nitrogen and oxygen atoms in total. The lowest BCUT2D eigenvalue weighted by Gasteiger charge is -2.11. The van der Waals surface area contributed by atoms with Crippen molar-refractivity contribution >= 4 is 21.7 Å². The van der Waals surface area contributed by atoms with Crippen molar-refractivity contribution in [3.8, 4) is 5.75 Å². The number of rotatable bonds is 5. The molecule has 104 valence electrons. The second-order valence-electron chi connectivity index (χ2n) is 4.74. The summed E-state index contributed by atoms with van der Waals surface area (Å²) < 4.78 is 6.06. The maximum Gasteiger partial charge on any atom is 0.144 e. The second-order valence-corrected chi connectivity index (χ2v) is 5.60. The first kappa shape index (κ1) is 14.8. The van der Waals surface area contributed by atoms with Crippen molar-refractivity contribution in [2.24, 2.45) is 0 Å². The molecule has 0 heterocycles. The lowest BCUT2D eigenvalue weighted by Crippen LogP contribution is -2.12. The van der Waals surface area contributed by atoms with Gasteiger partial charge in [0, 0.05) is 12.3 Å². The van der Waals surface area contributed by atoms with E-state index < -0.39 is 0 Å². The van der Waals surface area contributed by atoms with Crippen LogP contribution < -0.4 is 4.74 Å². The Bertz CT molecular complexity index is 593. The molecular weight excluding hydrogens is 316 g/mol. The zero-order chi connectivity index (χ0) is 14.5. The van der Waals surface area contributed by atoms with E-state index >= 15 is 0 Å². The minimum absolute atomic E-state index is 0.0860. The van der Waals surface area contributed by atoms with Gasteiger partial charge < -0.3 is 4.74 Å². The summed E-state index contributed by atoms with van der Waals surface area (Å²) in [4.78, 5) is 12.3. The Labute approximate surface area is 127 Å². The van der Waals surface area contributed by atoms with E-state index in [1.54, 1.807) is 7.11 Å². The summed E-state index contributed by atoms with van der Waals surface area (Å²) in [6.07, 6.45) is 0.429. The minimum atomic E-state index is -0.0860. The van der Waals surface area contributed by atoms with Crippen molar-refractivity contribution in [3.63, 3.8) is 0 Å². The number of Topliss-reactive ketones (excluding diaryl/α,β-unsaturated/α-hetero) is 1. The molecule has 0 aliphatic rings. The first-order chi connectivity index (χ1) is 9.61. The zero-order valence-corrected chi connectivity index (χ0v) is 13.2. The largest absolute Gasteiger partial charge is 0.496 e. The highest BCUT2D eigenvalue weighted by molar-refractivity contribution is 9.10. The molecule has 1 unspecified atom stereocenters. The van der Waals surface area contributed by atoms with Crippen LogP contribution in [0, 0.1) is 0 Å². The second kappa shape index (κ2) is 6.71. The Morgan fingerprint density at radius 1 is 1.20 bits per heavy atom. The summed E-state index contributed by atoms with van der Waals surface area (Å²) in [5.74, 6) is 0.905. The third kappa shape index (κ3) is 3.48. The Morgan fingerprint density at radius 3 is 2.50 bits per heavy atom. The Hall–Kier alpha value is -1.61. The molecule has 0 bridgehead atoms. The molecule has 0 aromatic heterocycles. The van der Waals surface area contributed by atoms with Crippen LogP contribution in [0.25, 0.3) is 0 Å². The first-order valence-corrected chi connectivity index (χ1v) is 7.31. The Kier molecular flexibility index (Phi) is 4.96. The van der Waals surface area contributed by atoms with E-state index in [4.69, 9.17) is 4.74 Å². The van der Waals surface area contributed by atoms with E-state index in [1.165, 1.54) is 0 Å². The lowest BCUT2D eigenvalue weighted by atomic mass is 9.93. The van der Waals surface area contributed by atoms with Crippen molar-refractivity contribution < 1.29 is 9.53 Å². The van der Waals surface area contributed by atoms with Gasteiger partial charge in [-0.05, 0) is 39.2 Å². The highest BCUT2D eigenvalue weighted by Gasteiger charge is 2.15. The number of ketones is 1. The zero-order valence-electron chi connectivity index (χ0n) is 11.6. The number of methoxy groups -OCH3 is 1. The number of carbonyl (C=O) groups excluding carboxylic acids is 1. The van der Waals surface area contributed by atoms with Crippen LogP contribution in [0.15, 0.2) is 53.0 Å². The third-order valence-corrected chi connectivity index (χ3v) is 4.00. The van der Waals surface area contributed by atoms with Gasteiger partial charge in [-0.15, -0.1) is 0 Å². The van der Waals surface area contributed by atoms with Crippen LogP contribution in [0.3, 0.4) is 0 Å². The van der Waals surface area contributed by atoms with Crippen LogP contribution in [-0.2, 0) is 11.2 Å². The highest BCUT2D eigenvalue weighted by Crippen LogP contribution is 2.26. The van der Waals surface area contributed by atoms with Crippen molar-refractivity contribution in [1.82, 2.24) is 0 Å². The van der Waals surface area contributed by atoms with Crippen molar-refractivity contribution in [3.05, 3.63) is 64.1 Å². The molecule has 0 fully saturated rings. The normalized spacial score (nSPS) is 11.9. The number of hydrogen-bond donors (Lipinski definition) is 0. The smallest absolute Gasteiger partial charge is 0.144 e. The molecule has 2 aromatic rings. The summed E-state index contributed by atoms with van der Waals surface area (Å²) in [7, 11) is 1.63. The summed E-state index contributed by atoms with van der Waals surface area (Å²) in [6.45, 7) is 1.95. The van der Waals surface area contributed by atoms with Gasteiger partial charge in [0.1, 0.15) is 11.5 Å². The van der Waals surface area contributed by atoms with E-state index in [0.717, 1.165) is 21.3 Å². The number of carbonyl (C=O) groups is 1. The quantitative estimate of drug-likeness (QED) is 0.812. The summed E-state index contributed by atoms with van der Waals surface area (Å²) in [5, 5.41) is 0. The van der Waals surface area contributed by atoms with E-state index in [9.17, 15) is 4.79 Å². The maximum atomic E-state index is 12.3. The number of benzene rings is 2. The molecule has 0 saturated heterocycles. The van der Waals surface area contributed by atoms with Crippen LogP contribution in [0.4, 0.5) is 0 Å². The molecule has 2 aromatic carbocycles. The average Bonchev–Trinajstić information content (AvgIpc) is 2.47. The molecule has 0 radical (unpaired) electrons. The van der Waals surface area contributed by atoms with Gasteiger partial charge >= 0.3 is 0 Å². The minimum Gasteiger partial charge on any atom is -0.496 e. The number of halogens is 1. The summed E-state index contributed by atoms with van der Waals surface area (Å²) in [6, 6.07) is 15.6. The molecule has 0 amide bonds. The van der Waals surface area contributed by atoms with Crippen LogP contribution in [0.5, 0.6) is 5.75 Å². The maximum absolute atomic E-state index is 12.3. The molecule has 3 heteroatoms. The molecule has 0 aliphatic carbocycles. The Balaban J connectivity index is 2.10. The molecule has 2 rings (SSSR count). The van der Waals surface area contributed by atoms with E-state index in [1.807, 2.05) is 55.5 Å². The van der Waals surface area contributed by atoms with Gasteiger partial charge in [0.25, 0.3) is 0 Å². The van der Waals surface area contributed by atoms with E-state index in [-0.39, 0.29) is 11.7 Å². The van der Waals surface area contributed by atoms with Gasteiger partial charge in [0.05, 0.1) is 11.6 Å².